The van der Waals surface area contributed by atoms with Crippen LogP contribution in [0.5, 0.6) is 5.75 Å². The van der Waals surface area contributed by atoms with Gasteiger partial charge in [0.25, 0.3) is 0 Å². The van der Waals surface area contributed by atoms with Gasteiger partial charge in [-0.2, -0.15) is 0 Å². The van der Waals surface area contributed by atoms with Crippen LogP contribution < -0.4 is 10.2 Å². The van der Waals surface area contributed by atoms with Crippen molar-refractivity contribution < 1.29 is 24.7 Å². The number of benzene rings is 1. The lowest BCUT2D eigenvalue weighted by Gasteiger charge is -2.07. The predicted molar refractivity (Wildman–Crippen MR) is 49.8 cm³/mol. The first kappa shape index (κ1) is 10.6. The maximum atomic E-state index is 10.7. The standard InChI is InChI=1S/C8H9BO5/c1-14-5-2-3-6(8(10)11)7(4-5)9(12)13/h2-4,12-13H,1H3,(H,10,11). The average Bonchev–Trinajstić information content (AvgIpc) is 2.16. The van der Waals surface area contributed by atoms with Crippen molar-refractivity contribution in [1.29, 1.82) is 0 Å². The number of carboxylic acid groups (broad SMARTS) is 1. The Morgan fingerprint density at radius 1 is 1.43 bits per heavy atom. The van der Waals surface area contributed by atoms with Crippen LogP contribution in [-0.2, 0) is 0 Å². The number of carboxylic acids is 1. The summed E-state index contributed by atoms with van der Waals surface area (Å²) in [5.41, 5.74) is -0.238. The Morgan fingerprint density at radius 3 is 2.50 bits per heavy atom. The van der Waals surface area contributed by atoms with E-state index in [2.05, 4.69) is 0 Å². The van der Waals surface area contributed by atoms with Gasteiger partial charge in [-0.1, -0.05) is 0 Å². The average molecular weight is 196 g/mol. The van der Waals surface area contributed by atoms with Crippen molar-refractivity contribution in [3.63, 3.8) is 0 Å². The molecule has 0 fully saturated rings. The Morgan fingerprint density at radius 2 is 2.07 bits per heavy atom. The van der Waals surface area contributed by atoms with Crippen molar-refractivity contribution in [2.75, 3.05) is 7.11 Å². The quantitative estimate of drug-likeness (QED) is 0.543. The lowest BCUT2D eigenvalue weighted by Crippen LogP contribution is -2.34. The van der Waals surface area contributed by atoms with Gasteiger partial charge in [0.2, 0.25) is 0 Å². The molecule has 0 spiro atoms. The molecule has 5 nitrogen and oxygen atoms in total. The van der Waals surface area contributed by atoms with Crippen molar-refractivity contribution in [1.82, 2.24) is 0 Å². The largest absolute Gasteiger partial charge is 0.497 e. The third-order valence-corrected chi connectivity index (χ3v) is 1.77. The second kappa shape index (κ2) is 4.12. The lowest BCUT2D eigenvalue weighted by atomic mass is 9.77. The Kier molecular flexibility index (Phi) is 3.11. The molecule has 0 bridgehead atoms. The van der Waals surface area contributed by atoms with Crippen molar-refractivity contribution in [3.05, 3.63) is 23.8 Å². The van der Waals surface area contributed by atoms with Crippen molar-refractivity contribution in [2.45, 2.75) is 0 Å². The summed E-state index contributed by atoms with van der Waals surface area (Å²) >= 11 is 0. The summed E-state index contributed by atoms with van der Waals surface area (Å²) in [6.07, 6.45) is 0. The van der Waals surface area contributed by atoms with Gasteiger partial charge in [0.15, 0.2) is 0 Å². The van der Waals surface area contributed by atoms with Crippen molar-refractivity contribution >= 4 is 18.6 Å². The van der Waals surface area contributed by atoms with Crippen LogP contribution in [0.25, 0.3) is 0 Å². The molecule has 0 amide bonds. The molecule has 0 aliphatic rings. The van der Waals surface area contributed by atoms with Crippen molar-refractivity contribution in [2.24, 2.45) is 0 Å². The number of ether oxygens (including phenoxy) is 1. The third kappa shape index (κ3) is 2.04. The molecule has 0 saturated carbocycles. The first-order valence-corrected chi connectivity index (χ1v) is 3.83. The Labute approximate surface area is 80.7 Å². The molecule has 74 valence electrons. The van der Waals surface area contributed by atoms with Crippen molar-refractivity contribution in [3.8, 4) is 5.75 Å². The normalized spacial score (nSPS) is 9.64. The van der Waals surface area contributed by atoms with Gasteiger partial charge in [-0.25, -0.2) is 4.79 Å². The van der Waals surface area contributed by atoms with E-state index in [9.17, 15) is 4.79 Å². The smallest absolute Gasteiger partial charge is 0.489 e. The second-order valence-corrected chi connectivity index (χ2v) is 2.63. The van der Waals surface area contributed by atoms with E-state index in [4.69, 9.17) is 19.9 Å². The van der Waals surface area contributed by atoms with E-state index in [-0.39, 0.29) is 11.0 Å². The number of aromatic carboxylic acids is 1. The van der Waals surface area contributed by atoms with E-state index in [1.165, 1.54) is 25.3 Å². The summed E-state index contributed by atoms with van der Waals surface area (Å²) in [5.74, 6) is -0.839. The predicted octanol–water partition coefficient (Wildman–Crippen LogP) is -0.927. The molecule has 1 aromatic carbocycles. The summed E-state index contributed by atoms with van der Waals surface area (Å²) in [6, 6.07) is 3.97. The van der Waals surface area contributed by atoms with Gasteiger partial charge in [0.05, 0.1) is 12.7 Å². The van der Waals surface area contributed by atoms with Crippen LogP contribution >= 0.6 is 0 Å². The molecule has 3 N–H and O–H groups in total. The first-order chi connectivity index (χ1) is 6.56. The van der Waals surface area contributed by atoms with E-state index in [1.54, 1.807) is 0 Å². The van der Waals surface area contributed by atoms with Gasteiger partial charge < -0.3 is 19.9 Å². The number of rotatable bonds is 3. The van der Waals surface area contributed by atoms with Crippen LogP contribution in [0, 0.1) is 0 Å². The van der Waals surface area contributed by atoms with Crippen LogP contribution in [0.3, 0.4) is 0 Å². The molecule has 0 atom stereocenters. The third-order valence-electron chi connectivity index (χ3n) is 1.77. The van der Waals surface area contributed by atoms with Gasteiger partial charge in [-0.3, -0.25) is 0 Å². The molecule has 0 radical (unpaired) electrons. The van der Waals surface area contributed by atoms with E-state index in [0.717, 1.165) is 0 Å². The molecule has 0 aliphatic heterocycles. The fourth-order valence-electron chi connectivity index (χ4n) is 1.08. The zero-order valence-corrected chi connectivity index (χ0v) is 7.47. The van der Waals surface area contributed by atoms with Gasteiger partial charge in [0, 0.05) is 5.46 Å². The monoisotopic (exact) mass is 196 g/mol. The number of hydrogen-bond donors (Lipinski definition) is 3. The summed E-state index contributed by atoms with van der Waals surface area (Å²) in [4.78, 5) is 10.7. The molecular formula is C8H9BO5. The van der Waals surface area contributed by atoms with E-state index >= 15 is 0 Å². The number of carbonyl (C=O) groups is 1. The van der Waals surface area contributed by atoms with Crippen LogP contribution in [-0.4, -0.2) is 35.4 Å². The van der Waals surface area contributed by atoms with Crippen LogP contribution in [0.1, 0.15) is 10.4 Å². The zero-order chi connectivity index (χ0) is 10.7. The van der Waals surface area contributed by atoms with Crippen LogP contribution in [0.2, 0.25) is 0 Å². The highest BCUT2D eigenvalue weighted by Gasteiger charge is 2.20. The number of methoxy groups -OCH3 is 1. The van der Waals surface area contributed by atoms with Gasteiger partial charge in [0.1, 0.15) is 5.75 Å². The summed E-state index contributed by atoms with van der Waals surface area (Å²) in [7, 11) is -0.417. The van der Waals surface area contributed by atoms with Crippen LogP contribution in [0.15, 0.2) is 18.2 Å². The van der Waals surface area contributed by atoms with E-state index in [1.807, 2.05) is 0 Å². The molecular weight excluding hydrogens is 187 g/mol. The Hall–Kier alpha value is -1.53. The minimum absolute atomic E-state index is 0.0862. The molecule has 0 saturated heterocycles. The van der Waals surface area contributed by atoms with E-state index < -0.39 is 13.1 Å². The molecule has 0 aliphatic carbocycles. The second-order valence-electron chi connectivity index (χ2n) is 2.63. The molecule has 6 heteroatoms. The van der Waals surface area contributed by atoms with Crippen LogP contribution in [0.4, 0.5) is 0 Å². The summed E-state index contributed by atoms with van der Waals surface area (Å²) < 4.78 is 4.82. The first-order valence-electron chi connectivity index (χ1n) is 3.83. The summed E-state index contributed by atoms with van der Waals surface area (Å²) in [6.45, 7) is 0. The van der Waals surface area contributed by atoms with Gasteiger partial charge in [-0.05, 0) is 18.2 Å². The minimum Gasteiger partial charge on any atom is -0.497 e. The lowest BCUT2D eigenvalue weighted by molar-refractivity contribution is 0.0697. The molecule has 1 rings (SSSR count). The highest BCUT2D eigenvalue weighted by Crippen LogP contribution is 2.09. The fraction of sp³-hybridized carbons (Fsp3) is 0.125. The Balaban J connectivity index is 3.24. The highest BCUT2D eigenvalue weighted by atomic mass is 16.5. The zero-order valence-electron chi connectivity index (χ0n) is 7.47. The minimum atomic E-state index is -1.82. The summed E-state index contributed by atoms with van der Waals surface area (Å²) in [5, 5.41) is 26.5. The molecule has 0 aromatic heterocycles. The van der Waals surface area contributed by atoms with Gasteiger partial charge in [-0.15, -0.1) is 0 Å². The number of hydrogen-bond acceptors (Lipinski definition) is 4. The Bertz CT molecular complexity index is 350. The molecule has 0 unspecified atom stereocenters. The fourth-order valence-corrected chi connectivity index (χ4v) is 1.08. The maximum Gasteiger partial charge on any atom is 0.489 e. The molecule has 0 heterocycles. The molecule has 1 aromatic rings. The maximum absolute atomic E-state index is 10.7. The SMILES string of the molecule is COc1ccc(C(=O)O)c(B(O)O)c1. The van der Waals surface area contributed by atoms with Gasteiger partial charge >= 0.3 is 13.1 Å². The topological polar surface area (TPSA) is 87.0 Å². The van der Waals surface area contributed by atoms with E-state index in [0.29, 0.717) is 5.75 Å². The highest BCUT2D eigenvalue weighted by molar-refractivity contribution is 6.60. The molecule has 14 heavy (non-hydrogen) atoms.